The molecule has 3 heterocycles. The van der Waals surface area contributed by atoms with E-state index >= 15 is 0 Å². The van der Waals surface area contributed by atoms with E-state index in [0.717, 1.165) is 51.9 Å². The van der Waals surface area contributed by atoms with Gasteiger partial charge in [0.25, 0.3) is 0 Å². The summed E-state index contributed by atoms with van der Waals surface area (Å²) in [6, 6.07) is 8.60. The molecule has 0 radical (unpaired) electrons. The number of likely N-dealkylation sites (tertiary alicyclic amines) is 1. The summed E-state index contributed by atoms with van der Waals surface area (Å²) in [6.07, 6.45) is 5.74. The van der Waals surface area contributed by atoms with Crippen LogP contribution in [0.5, 0.6) is 0 Å². The molecular formula is C19H26N2O2. The van der Waals surface area contributed by atoms with E-state index < -0.39 is 0 Å². The average molecular weight is 314 g/mol. The Hall–Kier alpha value is -1.36. The maximum atomic E-state index is 10.4. The lowest BCUT2D eigenvalue weighted by atomic mass is 9.82. The number of hydrogen-bond donors (Lipinski definition) is 1. The standard InChI is InChI=1S/C19H26N2O2/c1-20-13-15(16-5-2-3-6-17(16)20)14-21-10-8-19(9-11-21)18(22)7-4-12-23-19/h2-3,5-6,13,18,22H,4,7-12,14H2,1H3/t18-/m0/s1. The summed E-state index contributed by atoms with van der Waals surface area (Å²) in [4.78, 5) is 2.50. The van der Waals surface area contributed by atoms with Crippen molar-refractivity contribution in [3.05, 3.63) is 36.0 Å². The molecule has 1 aromatic carbocycles. The molecule has 2 fully saturated rings. The number of aliphatic hydroxyl groups excluding tert-OH is 1. The highest BCUT2D eigenvalue weighted by atomic mass is 16.5. The zero-order chi connectivity index (χ0) is 15.9. The number of rotatable bonds is 2. The minimum atomic E-state index is -0.282. The van der Waals surface area contributed by atoms with Crippen molar-refractivity contribution in [2.75, 3.05) is 19.7 Å². The van der Waals surface area contributed by atoms with Gasteiger partial charge in [-0.05, 0) is 37.3 Å². The fourth-order valence-corrected chi connectivity index (χ4v) is 4.27. The molecule has 0 saturated carbocycles. The summed E-state index contributed by atoms with van der Waals surface area (Å²) in [7, 11) is 2.11. The molecule has 2 saturated heterocycles. The highest BCUT2D eigenvalue weighted by molar-refractivity contribution is 5.83. The number of hydrogen-bond acceptors (Lipinski definition) is 3. The molecule has 0 aliphatic carbocycles. The fraction of sp³-hybridized carbons (Fsp3) is 0.579. The van der Waals surface area contributed by atoms with Gasteiger partial charge in [-0.25, -0.2) is 0 Å². The maximum absolute atomic E-state index is 10.4. The van der Waals surface area contributed by atoms with Crippen LogP contribution >= 0.6 is 0 Å². The predicted octanol–water partition coefficient (Wildman–Crippen LogP) is 2.68. The van der Waals surface area contributed by atoms with Gasteiger partial charge in [-0.15, -0.1) is 0 Å². The van der Waals surface area contributed by atoms with Gasteiger partial charge in [0.1, 0.15) is 0 Å². The Kier molecular flexibility index (Phi) is 3.92. The Bertz CT molecular complexity index is 686. The van der Waals surface area contributed by atoms with Crippen molar-refractivity contribution in [3.63, 3.8) is 0 Å². The number of ether oxygens (including phenoxy) is 1. The van der Waals surface area contributed by atoms with Crippen LogP contribution in [0.2, 0.25) is 0 Å². The van der Waals surface area contributed by atoms with E-state index in [0.29, 0.717) is 0 Å². The summed E-state index contributed by atoms with van der Waals surface area (Å²) in [5.41, 5.74) is 2.42. The Labute approximate surface area is 137 Å². The van der Waals surface area contributed by atoms with Gasteiger partial charge in [-0.1, -0.05) is 18.2 Å². The highest BCUT2D eigenvalue weighted by Crippen LogP contribution is 2.36. The Morgan fingerprint density at radius 3 is 2.83 bits per heavy atom. The summed E-state index contributed by atoms with van der Waals surface area (Å²) < 4.78 is 8.22. The van der Waals surface area contributed by atoms with Crippen molar-refractivity contribution in [2.45, 2.75) is 43.9 Å². The van der Waals surface area contributed by atoms with Crippen molar-refractivity contribution in [3.8, 4) is 0 Å². The Balaban J connectivity index is 1.47. The van der Waals surface area contributed by atoms with E-state index in [1.54, 1.807) is 0 Å². The molecule has 4 heteroatoms. The van der Waals surface area contributed by atoms with Gasteiger partial charge in [0.05, 0.1) is 11.7 Å². The molecule has 1 spiro atoms. The van der Waals surface area contributed by atoms with Crippen LogP contribution in [0.4, 0.5) is 0 Å². The van der Waals surface area contributed by atoms with Crippen LogP contribution in [0.3, 0.4) is 0 Å². The molecule has 0 amide bonds. The van der Waals surface area contributed by atoms with Gasteiger partial charge < -0.3 is 14.4 Å². The molecule has 1 atom stereocenters. The molecule has 4 nitrogen and oxygen atoms in total. The van der Waals surface area contributed by atoms with E-state index in [1.807, 2.05) is 0 Å². The van der Waals surface area contributed by atoms with E-state index in [9.17, 15) is 5.11 Å². The minimum Gasteiger partial charge on any atom is -0.390 e. The number of nitrogens with zero attached hydrogens (tertiary/aromatic N) is 2. The first-order valence-electron chi connectivity index (χ1n) is 8.75. The van der Waals surface area contributed by atoms with Crippen molar-refractivity contribution >= 4 is 10.9 Å². The van der Waals surface area contributed by atoms with Crippen molar-refractivity contribution in [1.29, 1.82) is 0 Å². The van der Waals surface area contributed by atoms with Crippen molar-refractivity contribution in [2.24, 2.45) is 7.05 Å². The number of benzene rings is 1. The quantitative estimate of drug-likeness (QED) is 0.926. The molecule has 0 unspecified atom stereocenters. The van der Waals surface area contributed by atoms with Gasteiger partial charge in [-0.3, -0.25) is 4.90 Å². The van der Waals surface area contributed by atoms with E-state index in [-0.39, 0.29) is 11.7 Å². The topological polar surface area (TPSA) is 37.6 Å². The third-order valence-electron chi connectivity index (χ3n) is 5.69. The monoisotopic (exact) mass is 314 g/mol. The summed E-state index contributed by atoms with van der Waals surface area (Å²) >= 11 is 0. The zero-order valence-corrected chi connectivity index (χ0v) is 13.9. The second-order valence-electron chi connectivity index (χ2n) is 7.13. The zero-order valence-electron chi connectivity index (χ0n) is 13.9. The summed E-state index contributed by atoms with van der Waals surface area (Å²) in [5, 5.41) is 11.7. The van der Waals surface area contributed by atoms with Crippen LogP contribution in [0.15, 0.2) is 30.5 Å². The van der Waals surface area contributed by atoms with Crippen LogP contribution < -0.4 is 0 Å². The second-order valence-corrected chi connectivity index (χ2v) is 7.13. The molecule has 124 valence electrons. The third-order valence-corrected chi connectivity index (χ3v) is 5.69. The van der Waals surface area contributed by atoms with Crippen LogP contribution in [0, 0.1) is 0 Å². The second kappa shape index (κ2) is 5.93. The first kappa shape index (κ1) is 15.2. The number of piperidine rings is 1. The maximum Gasteiger partial charge on any atom is 0.0964 e. The predicted molar refractivity (Wildman–Crippen MR) is 91.4 cm³/mol. The number of para-hydroxylation sites is 1. The van der Waals surface area contributed by atoms with Crippen molar-refractivity contribution in [1.82, 2.24) is 9.47 Å². The van der Waals surface area contributed by atoms with Gasteiger partial charge in [0.15, 0.2) is 0 Å². The lowest BCUT2D eigenvalue weighted by Crippen LogP contribution is -2.55. The molecule has 2 aromatic rings. The van der Waals surface area contributed by atoms with E-state index in [4.69, 9.17) is 4.74 Å². The molecule has 1 N–H and O–H groups in total. The summed E-state index contributed by atoms with van der Waals surface area (Å²) in [5.74, 6) is 0. The SMILES string of the molecule is Cn1cc(CN2CCC3(CC2)OCCC[C@@H]3O)c2ccccc21. The molecular weight excluding hydrogens is 288 g/mol. The molecule has 4 rings (SSSR count). The number of fused-ring (bicyclic) bond motifs is 1. The highest BCUT2D eigenvalue weighted by Gasteiger charge is 2.43. The van der Waals surface area contributed by atoms with Gasteiger partial charge in [0, 0.05) is 50.4 Å². The van der Waals surface area contributed by atoms with Gasteiger partial charge in [-0.2, -0.15) is 0 Å². The largest absolute Gasteiger partial charge is 0.390 e. The fourth-order valence-electron chi connectivity index (χ4n) is 4.27. The molecule has 1 aromatic heterocycles. The Morgan fingerprint density at radius 2 is 2.04 bits per heavy atom. The minimum absolute atomic E-state index is 0.270. The Morgan fingerprint density at radius 1 is 1.26 bits per heavy atom. The van der Waals surface area contributed by atoms with Gasteiger partial charge in [0.2, 0.25) is 0 Å². The molecule has 0 bridgehead atoms. The molecule has 2 aliphatic heterocycles. The van der Waals surface area contributed by atoms with E-state index in [1.165, 1.54) is 16.5 Å². The first-order chi connectivity index (χ1) is 11.2. The molecule has 2 aliphatic rings. The lowest BCUT2D eigenvalue weighted by Gasteiger charge is -2.46. The molecule has 23 heavy (non-hydrogen) atoms. The summed E-state index contributed by atoms with van der Waals surface area (Å²) in [6.45, 7) is 3.79. The van der Waals surface area contributed by atoms with Crippen LogP contribution in [-0.2, 0) is 18.3 Å². The number of aromatic nitrogens is 1. The average Bonchev–Trinajstić information content (AvgIpc) is 2.89. The van der Waals surface area contributed by atoms with Crippen molar-refractivity contribution < 1.29 is 9.84 Å². The number of aliphatic hydroxyl groups is 1. The number of aryl methyl sites for hydroxylation is 1. The van der Waals surface area contributed by atoms with E-state index in [2.05, 4.69) is 47.0 Å². The van der Waals surface area contributed by atoms with Crippen LogP contribution in [-0.4, -0.2) is 46.0 Å². The smallest absolute Gasteiger partial charge is 0.0964 e. The first-order valence-corrected chi connectivity index (χ1v) is 8.75. The third kappa shape index (κ3) is 2.69. The lowest BCUT2D eigenvalue weighted by molar-refractivity contribution is -0.177. The normalized spacial score (nSPS) is 25.2. The van der Waals surface area contributed by atoms with Gasteiger partial charge >= 0.3 is 0 Å². The van der Waals surface area contributed by atoms with Crippen LogP contribution in [0.25, 0.3) is 10.9 Å². The van der Waals surface area contributed by atoms with Crippen LogP contribution in [0.1, 0.15) is 31.2 Å².